The van der Waals surface area contributed by atoms with Gasteiger partial charge in [0.15, 0.2) is 0 Å². The van der Waals surface area contributed by atoms with Crippen LogP contribution >= 0.6 is 0 Å². The van der Waals surface area contributed by atoms with Crippen molar-refractivity contribution >= 4 is 5.97 Å². The summed E-state index contributed by atoms with van der Waals surface area (Å²) < 4.78 is 4.48. The summed E-state index contributed by atoms with van der Waals surface area (Å²) in [6.07, 6.45) is 0. The molecule has 0 bridgehead atoms. The second-order valence-electron chi connectivity index (χ2n) is 3.26. The maximum Gasteiger partial charge on any atom is 0.319 e. The normalized spacial score (nSPS) is 10.0. The molecule has 0 fully saturated rings. The van der Waals surface area contributed by atoms with E-state index in [1.54, 1.807) is 0 Å². The Hall–Kier alpha value is -1.55. The van der Waals surface area contributed by atoms with E-state index in [0.29, 0.717) is 6.54 Å². The zero-order valence-electron chi connectivity index (χ0n) is 8.91. The minimum atomic E-state index is -0.317. The predicted octanol–water partition coefficient (Wildman–Crippen LogP) is 0.963. The van der Waals surface area contributed by atoms with Crippen molar-refractivity contribution in [2.24, 2.45) is 0 Å². The minimum Gasteiger partial charge on any atom is -0.507 e. The zero-order chi connectivity index (χ0) is 11.3. The molecule has 0 aliphatic carbocycles. The Balaban J connectivity index is 2.51. The molecule has 0 heterocycles. The number of carbonyl (C=O) groups excluding carboxylic acids is 1. The molecule has 0 aromatic heterocycles. The van der Waals surface area contributed by atoms with Gasteiger partial charge in [0, 0.05) is 12.1 Å². The van der Waals surface area contributed by atoms with Crippen LogP contribution in [0.25, 0.3) is 0 Å². The summed E-state index contributed by atoms with van der Waals surface area (Å²) in [4.78, 5) is 10.8. The molecule has 0 atom stereocenters. The number of nitrogens with one attached hydrogen (secondary N) is 1. The molecular weight excluding hydrogens is 194 g/mol. The summed E-state index contributed by atoms with van der Waals surface area (Å²) in [5, 5.41) is 12.5. The Morgan fingerprint density at radius 2 is 2.27 bits per heavy atom. The van der Waals surface area contributed by atoms with Gasteiger partial charge < -0.3 is 15.2 Å². The van der Waals surface area contributed by atoms with Gasteiger partial charge in [-0.1, -0.05) is 18.2 Å². The molecule has 0 saturated carbocycles. The summed E-state index contributed by atoms with van der Waals surface area (Å²) in [5.74, 6) is -0.0444. The molecule has 1 aromatic carbocycles. The third-order valence-electron chi connectivity index (χ3n) is 2.13. The number of carbonyl (C=O) groups is 1. The number of methoxy groups -OCH3 is 1. The number of hydrogen-bond acceptors (Lipinski definition) is 4. The fourth-order valence-electron chi connectivity index (χ4n) is 1.23. The molecule has 0 amide bonds. The third kappa shape index (κ3) is 3.25. The van der Waals surface area contributed by atoms with Crippen LogP contribution in [-0.4, -0.2) is 24.7 Å². The number of aromatic hydroxyl groups is 1. The average molecular weight is 209 g/mol. The second kappa shape index (κ2) is 5.36. The molecule has 0 unspecified atom stereocenters. The highest BCUT2D eigenvalue weighted by Crippen LogP contribution is 2.20. The maximum absolute atomic E-state index is 10.8. The third-order valence-corrected chi connectivity index (χ3v) is 2.13. The number of esters is 1. The van der Waals surface area contributed by atoms with Gasteiger partial charge in [-0.15, -0.1) is 0 Å². The molecule has 2 N–H and O–H groups in total. The van der Waals surface area contributed by atoms with E-state index in [4.69, 9.17) is 0 Å². The zero-order valence-corrected chi connectivity index (χ0v) is 8.91. The molecule has 1 aromatic rings. The van der Waals surface area contributed by atoms with Crippen molar-refractivity contribution in [3.8, 4) is 5.75 Å². The SMILES string of the molecule is COC(=O)CNCc1cccc(C)c1O. The first-order valence-electron chi connectivity index (χ1n) is 4.70. The first kappa shape index (κ1) is 11.5. The molecular formula is C11H15NO3. The highest BCUT2D eigenvalue weighted by atomic mass is 16.5. The highest BCUT2D eigenvalue weighted by molar-refractivity contribution is 5.71. The molecule has 15 heavy (non-hydrogen) atoms. The standard InChI is InChI=1S/C11H15NO3/c1-8-4-3-5-9(11(8)14)6-12-7-10(13)15-2/h3-5,12,14H,6-7H2,1-2H3. The number of aryl methyl sites for hydroxylation is 1. The number of para-hydroxylation sites is 1. The smallest absolute Gasteiger partial charge is 0.319 e. The van der Waals surface area contributed by atoms with E-state index in [0.717, 1.165) is 11.1 Å². The fraction of sp³-hybridized carbons (Fsp3) is 0.364. The topological polar surface area (TPSA) is 58.6 Å². The molecule has 0 saturated heterocycles. The number of hydrogen-bond donors (Lipinski definition) is 2. The molecule has 0 spiro atoms. The highest BCUT2D eigenvalue weighted by Gasteiger charge is 2.04. The van der Waals surface area contributed by atoms with Crippen LogP contribution in [0.2, 0.25) is 0 Å². The molecule has 4 heteroatoms. The summed E-state index contributed by atoms with van der Waals surface area (Å²) in [7, 11) is 1.34. The van der Waals surface area contributed by atoms with Gasteiger partial charge in [-0.3, -0.25) is 4.79 Å². The van der Waals surface area contributed by atoms with Crippen LogP contribution in [0.5, 0.6) is 5.75 Å². The van der Waals surface area contributed by atoms with Crippen molar-refractivity contribution in [1.29, 1.82) is 0 Å². The summed E-state index contributed by atoms with van der Waals surface area (Å²) >= 11 is 0. The largest absolute Gasteiger partial charge is 0.507 e. The van der Waals surface area contributed by atoms with Gasteiger partial charge in [0.2, 0.25) is 0 Å². The molecule has 0 radical (unpaired) electrons. The number of phenols is 1. The Morgan fingerprint density at radius 1 is 1.53 bits per heavy atom. The van der Waals surface area contributed by atoms with Gasteiger partial charge in [0.05, 0.1) is 13.7 Å². The first-order chi connectivity index (χ1) is 7.15. The Morgan fingerprint density at radius 3 is 2.93 bits per heavy atom. The van der Waals surface area contributed by atoms with Crippen LogP contribution in [0, 0.1) is 6.92 Å². The van der Waals surface area contributed by atoms with E-state index in [9.17, 15) is 9.90 Å². The summed E-state index contributed by atoms with van der Waals surface area (Å²) in [6.45, 7) is 2.42. The van der Waals surface area contributed by atoms with Crippen molar-refractivity contribution in [3.05, 3.63) is 29.3 Å². The van der Waals surface area contributed by atoms with E-state index in [-0.39, 0.29) is 18.3 Å². The van der Waals surface area contributed by atoms with E-state index in [1.807, 2.05) is 25.1 Å². The van der Waals surface area contributed by atoms with Crippen molar-refractivity contribution in [2.45, 2.75) is 13.5 Å². The average Bonchev–Trinajstić information content (AvgIpc) is 2.24. The van der Waals surface area contributed by atoms with Crippen LogP contribution in [0.4, 0.5) is 0 Å². The van der Waals surface area contributed by atoms with Crippen molar-refractivity contribution in [1.82, 2.24) is 5.32 Å². The quantitative estimate of drug-likeness (QED) is 0.725. The lowest BCUT2D eigenvalue weighted by Gasteiger charge is -2.07. The predicted molar refractivity (Wildman–Crippen MR) is 56.6 cm³/mol. The van der Waals surface area contributed by atoms with E-state index < -0.39 is 0 Å². The van der Waals surface area contributed by atoms with E-state index >= 15 is 0 Å². The number of rotatable bonds is 4. The van der Waals surface area contributed by atoms with Crippen LogP contribution in [-0.2, 0) is 16.1 Å². The molecule has 82 valence electrons. The molecule has 1 rings (SSSR count). The molecule has 0 aliphatic heterocycles. The van der Waals surface area contributed by atoms with Crippen molar-refractivity contribution in [2.75, 3.05) is 13.7 Å². The fourth-order valence-corrected chi connectivity index (χ4v) is 1.23. The van der Waals surface area contributed by atoms with Gasteiger partial charge in [-0.05, 0) is 12.5 Å². The lowest BCUT2D eigenvalue weighted by Crippen LogP contribution is -2.23. The van der Waals surface area contributed by atoms with E-state index in [1.165, 1.54) is 7.11 Å². The van der Waals surface area contributed by atoms with Crippen LogP contribution in [0.3, 0.4) is 0 Å². The van der Waals surface area contributed by atoms with Gasteiger partial charge in [0.25, 0.3) is 0 Å². The Kier molecular flexibility index (Phi) is 4.12. The molecule has 4 nitrogen and oxygen atoms in total. The first-order valence-corrected chi connectivity index (χ1v) is 4.70. The number of phenolic OH excluding ortho intramolecular Hbond substituents is 1. The number of ether oxygens (including phenoxy) is 1. The van der Waals surface area contributed by atoms with Crippen molar-refractivity contribution in [3.63, 3.8) is 0 Å². The molecule has 0 aliphatic rings. The van der Waals surface area contributed by atoms with Crippen LogP contribution in [0.1, 0.15) is 11.1 Å². The van der Waals surface area contributed by atoms with Gasteiger partial charge in [-0.25, -0.2) is 0 Å². The van der Waals surface area contributed by atoms with Gasteiger partial charge in [0.1, 0.15) is 5.75 Å². The minimum absolute atomic E-state index is 0.143. The van der Waals surface area contributed by atoms with Crippen LogP contribution in [0.15, 0.2) is 18.2 Å². The van der Waals surface area contributed by atoms with Gasteiger partial charge in [-0.2, -0.15) is 0 Å². The Bertz CT molecular complexity index is 350. The second-order valence-corrected chi connectivity index (χ2v) is 3.26. The summed E-state index contributed by atoms with van der Waals surface area (Å²) in [6, 6.07) is 5.51. The van der Waals surface area contributed by atoms with E-state index in [2.05, 4.69) is 10.1 Å². The number of benzene rings is 1. The lowest BCUT2D eigenvalue weighted by molar-refractivity contribution is -0.139. The van der Waals surface area contributed by atoms with Gasteiger partial charge >= 0.3 is 5.97 Å². The summed E-state index contributed by atoms with van der Waals surface area (Å²) in [5.41, 5.74) is 1.60. The Labute approximate surface area is 88.9 Å². The van der Waals surface area contributed by atoms with Crippen molar-refractivity contribution < 1.29 is 14.6 Å². The monoisotopic (exact) mass is 209 g/mol. The maximum atomic E-state index is 10.8. The van der Waals surface area contributed by atoms with Crippen LogP contribution < -0.4 is 5.32 Å². The lowest BCUT2D eigenvalue weighted by atomic mass is 10.1.